The number of nitrogens with one attached hydrogen (secondary N) is 2. The Hall–Kier alpha value is -1.79. The average molecular weight is 411 g/mol. The number of carbonyl (C=O) groups is 2. The van der Waals surface area contributed by atoms with Gasteiger partial charge in [0.25, 0.3) is 0 Å². The Morgan fingerprint density at radius 1 is 1.25 bits per heavy atom. The first-order valence-electron chi connectivity index (χ1n) is 9.81. The molecule has 6 nitrogen and oxygen atoms in total. The minimum atomic E-state index is -0.511. The Bertz CT molecular complexity index is 650. The predicted octanol–water partition coefficient (Wildman–Crippen LogP) is 2.83. The Labute approximate surface area is 175 Å². The third-order valence-corrected chi connectivity index (χ3v) is 5.25. The van der Waals surface area contributed by atoms with Crippen molar-refractivity contribution in [1.82, 2.24) is 15.5 Å². The van der Waals surface area contributed by atoms with Crippen LogP contribution in [0.4, 0.5) is 4.79 Å². The summed E-state index contributed by atoms with van der Waals surface area (Å²) in [6.07, 6.45) is 1.52. The topological polar surface area (TPSA) is 87.5 Å². The van der Waals surface area contributed by atoms with Crippen LogP contribution in [0.1, 0.15) is 44.7 Å². The maximum absolute atomic E-state index is 13.0. The summed E-state index contributed by atoms with van der Waals surface area (Å²) in [6, 6.07) is 7.19. The van der Waals surface area contributed by atoms with Gasteiger partial charge in [-0.15, -0.1) is 12.4 Å². The number of hydrogen-bond acceptors (Lipinski definition) is 3. The average Bonchev–Trinajstić information content (AvgIpc) is 3.02. The molecule has 1 fully saturated rings. The molecule has 1 saturated heterocycles. The molecule has 0 bridgehead atoms. The van der Waals surface area contributed by atoms with Gasteiger partial charge >= 0.3 is 6.03 Å². The molecule has 3 amide bonds. The number of nitrogens with two attached hydrogens (primary N) is 1. The van der Waals surface area contributed by atoms with E-state index in [1.807, 2.05) is 36.1 Å². The van der Waals surface area contributed by atoms with Gasteiger partial charge in [0.1, 0.15) is 6.04 Å². The Morgan fingerprint density at radius 2 is 1.89 bits per heavy atom. The van der Waals surface area contributed by atoms with Crippen molar-refractivity contribution in [2.24, 2.45) is 17.1 Å². The van der Waals surface area contributed by atoms with Crippen molar-refractivity contribution in [3.63, 3.8) is 0 Å². The van der Waals surface area contributed by atoms with Crippen molar-refractivity contribution in [1.29, 1.82) is 0 Å². The molecule has 0 aliphatic carbocycles. The number of carbonyl (C=O) groups excluding carboxylic acids is 2. The van der Waals surface area contributed by atoms with Crippen molar-refractivity contribution in [3.8, 4) is 0 Å². The Balaban J connectivity index is 0.00000392. The van der Waals surface area contributed by atoms with Gasteiger partial charge in [-0.1, -0.05) is 50.6 Å². The molecule has 0 spiro atoms. The molecule has 1 aliphatic rings. The Kier molecular flexibility index (Phi) is 9.24. The zero-order valence-electron chi connectivity index (χ0n) is 17.5. The van der Waals surface area contributed by atoms with E-state index in [1.54, 1.807) is 0 Å². The van der Waals surface area contributed by atoms with E-state index in [2.05, 4.69) is 31.4 Å². The molecule has 1 heterocycles. The molecule has 158 valence electrons. The molecule has 0 saturated carbocycles. The van der Waals surface area contributed by atoms with E-state index >= 15 is 0 Å². The van der Waals surface area contributed by atoms with Gasteiger partial charge in [0, 0.05) is 19.6 Å². The zero-order chi connectivity index (χ0) is 20.0. The summed E-state index contributed by atoms with van der Waals surface area (Å²) in [5, 5.41) is 5.73. The monoisotopic (exact) mass is 410 g/mol. The van der Waals surface area contributed by atoms with E-state index in [9.17, 15) is 9.59 Å². The second kappa shape index (κ2) is 10.7. The number of rotatable bonds is 7. The predicted molar refractivity (Wildman–Crippen MR) is 115 cm³/mol. The second-order valence-corrected chi connectivity index (χ2v) is 8.52. The van der Waals surface area contributed by atoms with Crippen LogP contribution in [0, 0.1) is 18.3 Å². The SMILES string of the molecule is Cc1ccc(CNC(=O)NC(CC(C)C)C(=O)N2CCC(C)(CN)C2)cc1.Cl. The largest absolute Gasteiger partial charge is 0.340 e. The van der Waals surface area contributed by atoms with Crippen LogP contribution in [-0.2, 0) is 11.3 Å². The fourth-order valence-corrected chi connectivity index (χ4v) is 3.39. The molecule has 0 aromatic heterocycles. The fraction of sp³-hybridized carbons (Fsp3) is 0.619. The van der Waals surface area contributed by atoms with Gasteiger partial charge in [0.15, 0.2) is 0 Å². The molecule has 2 atom stereocenters. The van der Waals surface area contributed by atoms with Gasteiger partial charge in [0.05, 0.1) is 0 Å². The van der Waals surface area contributed by atoms with E-state index in [1.165, 1.54) is 5.56 Å². The number of nitrogens with zero attached hydrogens (tertiary/aromatic N) is 1. The van der Waals surface area contributed by atoms with E-state index in [0.717, 1.165) is 12.0 Å². The number of aryl methyl sites for hydroxylation is 1. The summed E-state index contributed by atoms with van der Waals surface area (Å²) < 4.78 is 0. The summed E-state index contributed by atoms with van der Waals surface area (Å²) in [7, 11) is 0. The molecular formula is C21H35ClN4O2. The van der Waals surface area contributed by atoms with Gasteiger partial charge in [-0.05, 0) is 43.2 Å². The van der Waals surface area contributed by atoms with Gasteiger partial charge < -0.3 is 21.3 Å². The van der Waals surface area contributed by atoms with E-state index in [-0.39, 0.29) is 29.8 Å². The molecule has 1 aromatic rings. The first-order chi connectivity index (χ1) is 12.7. The molecular weight excluding hydrogens is 376 g/mol. The number of likely N-dealkylation sites (tertiary alicyclic amines) is 1. The van der Waals surface area contributed by atoms with E-state index in [4.69, 9.17) is 5.73 Å². The van der Waals surface area contributed by atoms with Gasteiger partial charge in [-0.2, -0.15) is 0 Å². The highest BCUT2D eigenvalue weighted by molar-refractivity contribution is 5.87. The molecule has 1 aliphatic heterocycles. The smallest absolute Gasteiger partial charge is 0.315 e. The Morgan fingerprint density at radius 3 is 2.43 bits per heavy atom. The van der Waals surface area contributed by atoms with Crippen LogP contribution in [0.3, 0.4) is 0 Å². The van der Waals surface area contributed by atoms with Crippen molar-refractivity contribution < 1.29 is 9.59 Å². The summed E-state index contributed by atoms with van der Waals surface area (Å²) in [4.78, 5) is 27.2. The standard InChI is InChI=1S/C21H34N4O2.ClH/c1-15(2)11-18(19(26)25-10-9-21(4,13-22)14-25)24-20(27)23-12-17-7-5-16(3)6-8-17;/h5-8,15,18H,9-14,22H2,1-4H3,(H2,23,24,27);1H. The molecule has 1 aromatic carbocycles. The quantitative estimate of drug-likeness (QED) is 0.645. The van der Waals surface area contributed by atoms with E-state index < -0.39 is 6.04 Å². The number of halogens is 1. The molecule has 2 unspecified atom stereocenters. The van der Waals surface area contributed by atoms with Crippen LogP contribution >= 0.6 is 12.4 Å². The molecule has 2 rings (SSSR count). The van der Waals surface area contributed by atoms with Crippen molar-refractivity contribution in [3.05, 3.63) is 35.4 Å². The molecule has 7 heteroatoms. The lowest BCUT2D eigenvalue weighted by atomic mass is 9.90. The van der Waals surface area contributed by atoms with Gasteiger partial charge in [-0.25, -0.2) is 4.79 Å². The highest BCUT2D eigenvalue weighted by Gasteiger charge is 2.37. The molecule has 28 heavy (non-hydrogen) atoms. The highest BCUT2D eigenvalue weighted by atomic mass is 35.5. The zero-order valence-corrected chi connectivity index (χ0v) is 18.3. The lowest BCUT2D eigenvalue weighted by Gasteiger charge is -2.27. The maximum atomic E-state index is 13.0. The third kappa shape index (κ3) is 6.99. The third-order valence-electron chi connectivity index (χ3n) is 5.25. The minimum absolute atomic E-state index is 0. The fourth-order valence-electron chi connectivity index (χ4n) is 3.39. The van der Waals surface area contributed by atoms with Crippen molar-refractivity contribution >= 4 is 24.3 Å². The lowest BCUT2D eigenvalue weighted by Crippen LogP contribution is -2.51. The highest BCUT2D eigenvalue weighted by Crippen LogP contribution is 2.29. The molecule has 4 N–H and O–H groups in total. The summed E-state index contributed by atoms with van der Waals surface area (Å²) in [6.45, 7) is 10.6. The maximum Gasteiger partial charge on any atom is 0.315 e. The molecule has 0 radical (unpaired) electrons. The van der Waals surface area contributed by atoms with Crippen LogP contribution in [-0.4, -0.2) is 42.5 Å². The van der Waals surface area contributed by atoms with Gasteiger partial charge in [-0.3, -0.25) is 4.79 Å². The number of hydrogen-bond donors (Lipinski definition) is 3. The van der Waals surface area contributed by atoms with Crippen molar-refractivity contribution in [2.75, 3.05) is 19.6 Å². The minimum Gasteiger partial charge on any atom is -0.340 e. The van der Waals surface area contributed by atoms with Crippen LogP contribution in [0.2, 0.25) is 0 Å². The van der Waals surface area contributed by atoms with E-state index in [0.29, 0.717) is 38.5 Å². The second-order valence-electron chi connectivity index (χ2n) is 8.52. The number of benzene rings is 1. The summed E-state index contributed by atoms with van der Waals surface area (Å²) >= 11 is 0. The number of amides is 3. The summed E-state index contributed by atoms with van der Waals surface area (Å²) in [5.74, 6) is 0.297. The van der Waals surface area contributed by atoms with Crippen LogP contribution in [0.15, 0.2) is 24.3 Å². The van der Waals surface area contributed by atoms with Gasteiger partial charge in [0.2, 0.25) is 5.91 Å². The lowest BCUT2D eigenvalue weighted by molar-refractivity contribution is -0.132. The van der Waals surface area contributed by atoms with Crippen LogP contribution in [0.5, 0.6) is 0 Å². The first-order valence-corrected chi connectivity index (χ1v) is 9.81. The van der Waals surface area contributed by atoms with Crippen LogP contribution in [0.25, 0.3) is 0 Å². The normalized spacial score (nSPS) is 19.9. The van der Waals surface area contributed by atoms with Crippen molar-refractivity contribution in [2.45, 2.75) is 53.1 Å². The van der Waals surface area contributed by atoms with Crippen LogP contribution < -0.4 is 16.4 Å². The first kappa shape index (κ1) is 24.2. The summed E-state index contributed by atoms with van der Waals surface area (Å²) in [5.41, 5.74) is 8.04. The number of urea groups is 1.